The molecule has 5 nitrogen and oxygen atoms in total. The number of imide groups is 1. The fourth-order valence-electron chi connectivity index (χ4n) is 2.56. The van der Waals surface area contributed by atoms with Crippen LogP contribution in [0.2, 0.25) is 0 Å². The van der Waals surface area contributed by atoms with Crippen LogP contribution in [0.5, 0.6) is 0 Å². The molecule has 1 N–H and O–H groups in total. The summed E-state index contributed by atoms with van der Waals surface area (Å²) in [4.78, 5) is 36.8. The summed E-state index contributed by atoms with van der Waals surface area (Å²) in [7, 11) is 0. The van der Waals surface area contributed by atoms with Gasteiger partial charge in [0.2, 0.25) is 17.7 Å². The van der Waals surface area contributed by atoms with E-state index in [1.807, 2.05) is 6.92 Å². The Bertz CT molecular complexity index is 403. The molecular formula is C12H16N2O3. The van der Waals surface area contributed by atoms with Gasteiger partial charge in [0.1, 0.15) is 6.04 Å². The van der Waals surface area contributed by atoms with E-state index in [0.717, 1.165) is 19.3 Å². The molecule has 2 aliphatic carbocycles. The van der Waals surface area contributed by atoms with Crippen molar-refractivity contribution < 1.29 is 14.4 Å². The highest BCUT2D eigenvalue weighted by Crippen LogP contribution is 2.42. The van der Waals surface area contributed by atoms with Crippen molar-refractivity contribution in [1.82, 2.24) is 10.2 Å². The van der Waals surface area contributed by atoms with E-state index in [9.17, 15) is 14.4 Å². The van der Waals surface area contributed by atoms with Gasteiger partial charge in [-0.15, -0.1) is 0 Å². The number of hydrogen-bond donors (Lipinski definition) is 1. The number of rotatable bonds is 3. The number of hydrogen-bond acceptors (Lipinski definition) is 3. The van der Waals surface area contributed by atoms with Gasteiger partial charge >= 0.3 is 0 Å². The first-order valence-electron chi connectivity index (χ1n) is 6.24. The summed E-state index contributed by atoms with van der Waals surface area (Å²) in [5.74, 6) is 0.0312. The molecule has 3 fully saturated rings. The summed E-state index contributed by atoms with van der Waals surface area (Å²) < 4.78 is 0. The van der Waals surface area contributed by atoms with E-state index in [0.29, 0.717) is 5.92 Å². The van der Waals surface area contributed by atoms with Gasteiger partial charge in [-0.05, 0) is 25.2 Å². The van der Waals surface area contributed by atoms with Gasteiger partial charge in [0.05, 0.1) is 6.42 Å². The van der Waals surface area contributed by atoms with Crippen molar-refractivity contribution in [2.45, 2.75) is 44.7 Å². The third-order valence-electron chi connectivity index (χ3n) is 3.90. The topological polar surface area (TPSA) is 66.5 Å². The van der Waals surface area contributed by atoms with Crippen molar-refractivity contribution >= 4 is 17.7 Å². The molecule has 0 aromatic heterocycles. The molecule has 2 saturated carbocycles. The van der Waals surface area contributed by atoms with Gasteiger partial charge in [-0.3, -0.25) is 19.7 Å². The average Bonchev–Trinajstić information content (AvgIpc) is 3.13. The first-order chi connectivity index (χ1) is 8.08. The van der Waals surface area contributed by atoms with E-state index in [1.165, 1.54) is 0 Å². The van der Waals surface area contributed by atoms with E-state index in [2.05, 4.69) is 5.32 Å². The van der Waals surface area contributed by atoms with Crippen LogP contribution < -0.4 is 5.32 Å². The molecule has 1 saturated heterocycles. The van der Waals surface area contributed by atoms with Gasteiger partial charge in [0, 0.05) is 12.0 Å². The van der Waals surface area contributed by atoms with E-state index in [4.69, 9.17) is 0 Å². The minimum atomic E-state index is -0.546. The van der Waals surface area contributed by atoms with E-state index in [-0.39, 0.29) is 36.1 Å². The molecule has 3 amide bonds. The molecule has 1 heterocycles. The Hall–Kier alpha value is -1.39. The van der Waals surface area contributed by atoms with Gasteiger partial charge in [0.25, 0.3) is 0 Å². The Labute approximate surface area is 99.5 Å². The standard InChI is InChI=1S/C12H16N2O3/c1-6-4-8(6)12(17)14(7-2-3-7)9-5-10(15)13-11(9)16/h6-9H,2-5H2,1H3,(H,13,15,16)/t6-,8+,9-/m1/s1. The number of amides is 3. The summed E-state index contributed by atoms with van der Waals surface area (Å²) in [6, 6.07) is -0.354. The predicted octanol–water partition coefficient (Wildman–Crippen LogP) is 0.0485. The molecule has 3 aliphatic rings. The van der Waals surface area contributed by atoms with Gasteiger partial charge in [-0.2, -0.15) is 0 Å². The zero-order valence-corrected chi connectivity index (χ0v) is 9.81. The minimum Gasteiger partial charge on any atom is -0.327 e. The summed E-state index contributed by atoms with van der Waals surface area (Å²) >= 11 is 0. The number of carbonyl (C=O) groups is 3. The normalized spacial score (nSPS) is 35.7. The molecule has 92 valence electrons. The lowest BCUT2D eigenvalue weighted by Crippen LogP contribution is -2.46. The quantitative estimate of drug-likeness (QED) is 0.704. The van der Waals surface area contributed by atoms with Crippen molar-refractivity contribution in [3.8, 4) is 0 Å². The molecular weight excluding hydrogens is 220 g/mol. The second-order valence-corrected chi connectivity index (χ2v) is 5.43. The van der Waals surface area contributed by atoms with Crippen LogP contribution in [-0.2, 0) is 14.4 Å². The minimum absolute atomic E-state index is 0.0786. The molecule has 0 aromatic rings. The lowest BCUT2D eigenvalue weighted by Gasteiger charge is -2.26. The van der Waals surface area contributed by atoms with E-state index in [1.54, 1.807) is 4.90 Å². The van der Waals surface area contributed by atoms with E-state index >= 15 is 0 Å². The van der Waals surface area contributed by atoms with Gasteiger partial charge in [-0.25, -0.2) is 0 Å². The van der Waals surface area contributed by atoms with Crippen LogP contribution >= 0.6 is 0 Å². The second-order valence-electron chi connectivity index (χ2n) is 5.43. The Morgan fingerprint density at radius 3 is 2.41 bits per heavy atom. The first-order valence-corrected chi connectivity index (χ1v) is 6.24. The third kappa shape index (κ3) is 1.83. The summed E-state index contributed by atoms with van der Waals surface area (Å²) in [5, 5.41) is 2.28. The smallest absolute Gasteiger partial charge is 0.249 e. The molecule has 0 unspecified atom stereocenters. The number of nitrogens with one attached hydrogen (secondary N) is 1. The first kappa shape index (κ1) is 10.7. The fraction of sp³-hybridized carbons (Fsp3) is 0.750. The highest BCUT2D eigenvalue weighted by Gasteiger charge is 2.50. The fourth-order valence-corrected chi connectivity index (χ4v) is 2.56. The van der Waals surface area contributed by atoms with Crippen LogP contribution in [0.25, 0.3) is 0 Å². The maximum absolute atomic E-state index is 12.3. The highest BCUT2D eigenvalue weighted by molar-refractivity contribution is 6.07. The summed E-state index contributed by atoms with van der Waals surface area (Å²) in [6.07, 6.45) is 2.99. The average molecular weight is 236 g/mol. The van der Waals surface area contributed by atoms with Crippen LogP contribution in [0.1, 0.15) is 32.6 Å². The summed E-state index contributed by atoms with van der Waals surface area (Å²) in [6.45, 7) is 2.05. The van der Waals surface area contributed by atoms with Crippen LogP contribution in [0, 0.1) is 11.8 Å². The molecule has 5 heteroatoms. The van der Waals surface area contributed by atoms with Crippen molar-refractivity contribution in [1.29, 1.82) is 0 Å². The highest BCUT2D eigenvalue weighted by atomic mass is 16.2. The molecule has 17 heavy (non-hydrogen) atoms. The zero-order chi connectivity index (χ0) is 12.2. The number of carbonyl (C=O) groups excluding carboxylic acids is 3. The van der Waals surface area contributed by atoms with Gasteiger partial charge in [-0.1, -0.05) is 6.92 Å². The molecule has 3 atom stereocenters. The Balaban J connectivity index is 1.78. The van der Waals surface area contributed by atoms with Crippen LogP contribution in [0.3, 0.4) is 0 Å². The monoisotopic (exact) mass is 236 g/mol. The van der Waals surface area contributed by atoms with Gasteiger partial charge in [0.15, 0.2) is 0 Å². The van der Waals surface area contributed by atoms with Crippen molar-refractivity contribution in [2.75, 3.05) is 0 Å². The Morgan fingerprint density at radius 1 is 1.35 bits per heavy atom. The maximum Gasteiger partial charge on any atom is 0.249 e. The van der Waals surface area contributed by atoms with Gasteiger partial charge < -0.3 is 4.90 Å². The molecule has 0 radical (unpaired) electrons. The Kier molecular flexibility index (Phi) is 2.24. The van der Waals surface area contributed by atoms with Crippen LogP contribution in [0.4, 0.5) is 0 Å². The lowest BCUT2D eigenvalue weighted by molar-refractivity contribution is -0.140. The summed E-state index contributed by atoms with van der Waals surface area (Å²) in [5.41, 5.74) is 0. The molecule has 0 aromatic carbocycles. The largest absolute Gasteiger partial charge is 0.327 e. The molecule has 0 spiro atoms. The van der Waals surface area contributed by atoms with Crippen molar-refractivity contribution in [3.05, 3.63) is 0 Å². The third-order valence-corrected chi connectivity index (χ3v) is 3.90. The lowest BCUT2D eigenvalue weighted by atomic mass is 10.1. The maximum atomic E-state index is 12.3. The van der Waals surface area contributed by atoms with Crippen LogP contribution in [0.15, 0.2) is 0 Å². The molecule has 3 rings (SSSR count). The predicted molar refractivity (Wildman–Crippen MR) is 58.7 cm³/mol. The SMILES string of the molecule is C[C@@H]1C[C@@H]1C(=O)N(C1CC1)[C@@H]1CC(=O)NC1=O. The second kappa shape index (κ2) is 3.55. The van der Waals surface area contributed by atoms with Crippen molar-refractivity contribution in [3.63, 3.8) is 0 Å². The number of nitrogens with zero attached hydrogens (tertiary/aromatic N) is 1. The zero-order valence-electron chi connectivity index (χ0n) is 9.81. The van der Waals surface area contributed by atoms with Crippen molar-refractivity contribution in [2.24, 2.45) is 11.8 Å². The van der Waals surface area contributed by atoms with E-state index < -0.39 is 6.04 Å². The Morgan fingerprint density at radius 2 is 2.00 bits per heavy atom. The molecule has 0 bridgehead atoms. The molecule has 1 aliphatic heterocycles. The van der Waals surface area contributed by atoms with Crippen LogP contribution in [-0.4, -0.2) is 34.7 Å².